The van der Waals surface area contributed by atoms with Crippen molar-refractivity contribution in [1.82, 2.24) is 30.2 Å². The van der Waals surface area contributed by atoms with E-state index in [1.165, 1.54) is 36.0 Å². The molecule has 5 rings (SSSR count). The van der Waals surface area contributed by atoms with Crippen molar-refractivity contribution in [3.05, 3.63) is 77.6 Å². The molecule has 1 saturated heterocycles. The van der Waals surface area contributed by atoms with Gasteiger partial charge in [-0.15, -0.1) is 0 Å². The lowest BCUT2D eigenvalue weighted by Crippen LogP contribution is -2.49. The number of carbonyl (C=O) groups is 5. The van der Waals surface area contributed by atoms with Crippen LogP contribution < -0.4 is 15.4 Å². The quantitative estimate of drug-likeness (QED) is 0.410. The van der Waals surface area contributed by atoms with Gasteiger partial charge in [-0.05, 0) is 62.0 Å². The van der Waals surface area contributed by atoms with Crippen molar-refractivity contribution in [1.29, 1.82) is 0 Å². The highest BCUT2D eigenvalue weighted by molar-refractivity contribution is 6.07. The third-order valence-electron chi connectivity index (χ3n) is 9.09. The van der Waals surface area contributed by atoms with Crippen molar-refractivity contribution in [2.45, 2.75) is 37.4 Å². The first-order valence-corrected chi connectivity index (χ1v) is 16.4. The lowest BCUT2D eigenvalue weighted by molar-refractivity contribution is -0.140. The number of fused-ring (bicyclic) bond motifs is 3. The maximum Gasteiger partial charge on any atom is 0.258 e. The molecular formula is C36H43FN6O6. The topological polar surface area (TPSA) is 132 Å². The van der Waals surface area contributed by atoms with E-state index in [0.717, 1.165) is 16.8 Å². The summed E-state index contributed by atoms with van der Waals surface area (Å²) in [6.45, 7) is 0.775. The predicted molar refractivity (Wildman–Crippen MR) is 182 cm³/mol. The lowest BCUT2D eigenvalue weighted by atomic mass is 10.0. The number of ether oxygens (including phenoxy) is 1. The zero-order valence-corrected chi connectivity index (χ0v) is 28.3. The second-order valence-corrected chi connectivity index (χ2v) is 12.9. The molecule has 0 radical (unpaired) electrons. The van der Waals surface area contributed by atoms with E-state index in [9.17, 15) is 28.4 Å². The summed E-state index contributed by atoms with van der Waals surface area (Å²) >= 11 is 0. The molecule has 12 nitrogen and oxygen atoms in total. The molecule has 1 fully saturated rings. The SMILES string of the molecule is CN(C)CCNC(=O)[C@@H]1CCC(=O)N(C)CC(=O)N2C[C@@H](NC(=O)c3cccc4ccccc34)C[C@H]2COc2ccc(F)cc2C(=O)N1C. The van der Waals surface area contributed by atoms with Crippen LogP contribution in [0.2, 0.25) is 0 Å². The number of likely N-dealkylation sites (N-methyl/N-ethyl adjacent to an activating group) is 3. The molecule has 3 aromatic rings. The van der Waals surface area contributed by atoms with Crippen LogP contribution in [0.25, 0.3) is 10.8 Å². The number of hydrogen-bond donors (Lipinski definition) is 2. The van der Waals surface area contributed by atoms with E-state index >= 15 is 0 Å². The van der Waals surface area contributed by atoms with E-state index < -0.39 is 35.8 Å². The normalized spacial score (nSPS) is 20.7. The molecule has 0 aromatic heterocycles. The van der Waals surface area contributed by atoms with Crippen molar-refractivity contribution in [2.24, 2.45) is 0 Å². The van der Waals surface area contributed by atoms with Gasteiger partial charge in [0, 0.05) is 51.8 Å². The maximum absolute atomic E-state index is 14.5. The van der Waals surface area contributed by atoms with Gasteiger partial charge in [0.05, 0.1) is 18.2 Å². The Morgan fingerprint density at radius 1 is 1.00 bits per heavy atom. The van der Waals surface area contributed by atoms with Crippen LogP contribution in [-0.4, -0.2) is 128 Å². The van der Waals surface area contributed by atoms with E-state index in [-0.39, 0.29) is 61.6 Å². The standard InChI is InChI=1S/C36H43FN6O6/c1-40(2)17-16-38-35(47)30-13-15-32(44)41(3)21-33(45)43-20-25(39-34(46)28-11-7-9-23-8-5-6-10-27(23)28)19-26(43)22-49-31-14-12-24(37)18-29(31)36(48)42(30)4/h5-12,14,18,25-26,30H,13,15-17,19-22H2,1-4H3,(H,38,47)(H,39,46)/t25-,26-,30-/m0/s1. The maximum atomic E-state index is 14.5. The minimum absolute atomic E-state index is 0.0203. The lowest BCUT2D eigenvalue weighted by Gasteiger charge is -2.28. The Labute approximate surface area is 285 Å². The molecule has 3 atom stereocenters. The summed E-state index contributed by atoms with van der Waals surface area (Å²) in [6.07, 6.45) is 0.208. The van der Waals surface area contributed by atoms with E-state index in [4.69, 9.17) is 4.74 Å². The number of carbonyl (C=O) groups excluding carboxylic acids is 5. The zero-order chi connectivity index (χ0) is 35.2. The third kappa shape index (κ3) is 8.34. The molecule has 2 aliphatic rings. The molecule has 260 valence electrons. The van der Waals surface area contributed by atoms with Crippen LogP contribution in [0.1, 0.15) is 40.0 Å². The fraction of sp³-hybridized carbons (Fsp3) is 0.417. The fourth-order valence-corrected chi connectivity index (χ4v) is 6.34. The summed E-state index contributed by atoms with van der Waals surface area (Å²) in [7, 11) is 6.67. The Balaban J connectivity index is 1.40. The Hall–Kier alpha value is -5.04. The fourth-order valence-electron chi connectivity index (χ4n) is 6.34. The first-order chi connectivity index (χ1) is 23.4. The Morgan fingerprint density at radius 2 is 1.76 bits per heavy atom. The van der Waals surface area contributed by atoms with Crippen LogP contribution in [0, 0.1) is 5.82 Å². The Morgan fingerprint density at radius 3 is 2.53 bits per heavy atom. The van der Waals surface area contributed by atoms with Crippen LogP contribution in [0.5, 0.6) is 5.75 Å². The Bertz CT molecular complexity index is 1730. The molecule has 2 N–H and O–H groups in total. The molecule has 2 aliphatic heterocycles. The van der Waals surface area contributed by atoms with Gasteiger partial charge in [-0.25, -0.2) is 4.39 Å². The van der Waals surface area contributed by atoms with Crippen LogP contribution in [-0.2, 0) is 14.4 Å². The van der Waals surface area contributed by atoms with Gasteiger partial charge >= 0.3 is 0 Å². The summed E-state index contributed by atoms with van der Waals surface area (Å²) in [5.41, 5.74) is 0.419. The van der Waals surface area contributed by atoms with Gasteiger partial charge in [0.15, 0.2) is 0 Å². The molecule has 2 heterocycles. The first kappa shape index (κ1) is 35.3. The largest absolute Gasteiger partial charge is 0.491 e. The predicted octanol–water partition coefficient (Wildman–Crippen LogP) is 2.13. The number of amides is 5. The highest BCUT2D eigenvalue weighted by atomic mass is 19.1. The van der Waals surface area contributed by atoms with E-state index in [1.54, 1.807) is 11.0 Å². The summed E-state index contributed by atoms with van der Waals surface area (Å²) in [6, 6.07) is 14.7. The minimum Gasteiger partial charge on any atom is -0.491 e. The van der Waals surface area contributed by atoms with Gasteiger partial charge in [-0.1, -0.05) is 36.4 Å². The third-order valence-corrected chi connectivity index (χ3v) is 9.09. The summed E-state index contributed by atoms with van der Waals surface area (Å²) in [4.78, 5) is 73.5. The van der Waals surface area contributed by atoms with Crippen molar-refractivity contribution in [3.8, 4) is 5.75 Å². The smallest absolute Gasteiger partial charge is 0.258 e. The second kappa shape index (κ2) is 15.5. The minimum atomic E-state index is -1.04. The molecule has 0 saturated carbocycles. The van der Waals surface area contributed by atoms with Gasteiger partial charge in [-0.2, -0.15) is 0 Å². The van der Waals surface area contributed by atoms with Crippen molar-refractivity contribution in [3.63, 3.8) is 0 Å². The van der Waals surface area contributed by atoms with Crippen LogP contribution in [0.15, 0.2) is 60.7 Å². The number of hydrogen-bond acceptors (Lipinski definition) is 7. The van der Waals surface area contributed by atoms with Crippen LogP contribution in [0.3, 0.4) is 0 Å². The zero-order valence-electron chi connectivity index (χ0n) is 28.3. The number of benzene rings is 3. The Kier molecular flexibility index (Phi) is 11.1. The molecule has 0 aliphatic carbocycles. The molecule has 0 spiro atoms. The van der Waals surface area contributed by atoms with E-state index in [2.05, 4.69) is 10.6 Å². The highest BCUT2D eigenvalue weighted by Crippen LogP contribution is 2.27. The van der Waals surface area contributed by atoms with E-state index in [1.807, 2.05) is 55.4 Å². The average Bonchev–Trinajstić information content (AvgIpc) is 3.48. The number of halogens is 1. The summed E-state index contributed by atoms with van der Waals surface area (Å²) in [5.74, 6) is -2.69. The average molecular weight is 675 g/mol. The van der Waals surface area contributed by atoms with Crippen molar-refractivity contribution >= 4 is 40.3 Å². The van der Waals surface area contributed by atoms with Gasteiger partial charge in [0.25, 0.3) is 11.8 Å². The molecule has 0 bridgehead atoms. The van der Waals surface area contributed by atoms with E-state index in [0.29, 0.717) is 25.1 Å². The molecule has 0 unspecified atom stereocenters. The molecule has 49 heavy (non-hydrogen) atoms. The number of nitrogens with zero attached hydrogens (tertiary/aromatic N) is 4. The molecule has 5 amide bonds. The molecule has 13 heteroatoms. The van der Waals surface area contributed by atoms with Crippen molar-refractivity contribution in [2.75, 3.05) is 61.0 Å². The number of nitrogens with one attached hydrogen (secondary N) is 2. The van der Waals surface area contributed by atoms with Gasteiger partial charge in [0.1, 0.15) is 24.2 Å². The van der Waals surface area contributed by atoms with Crippen LogP contribution >= 0.6 is 0 Å². The monoisotopic (exact) mass is 674 g/mol. The molecular weight excluding hydrogens is 631 g/mol. The van der Waals surface area contributed by atoms with Crippen LogP contribution in [0.4, 0.5) is 4.39 Å². The number of rotatable bonds is 6. The van der Waals surface area contributed by atoms with Gasteiger partial charge in [0.2, 0.25) is 17.7 Å². The second-order valence-electron chi connectivity index (χ2n) is 12.9. The summed E-state index contributed by atoms with van der Waals surface area (Å²) < 4.78 is 20.7. The van der Waals surface area contributed by atoms with Gasteiger partial charge in [-0.3, -0.25) is 24.0 Å². The first-order valence-electron chi connectivity index (χ1n) is 16.4. The summed E-state index contributed by atoms with van der Waals surface area (Å²) in [5, 5.41) is 7.62. The van der Waals surface area contributed by atoms with Gasteiger partial charge < -0.3 is 35.0 Å². The van der Waals surface area contributed by atoms with Crippen molar-refractivity contribution < 1.29 is 33.1 Å². The highest BCUT2D eigenvalue weighted by Gasteiger charge is 2.38. The molecule has 3 aromatic carbocycles.